The minimum Gasteiger partial charge on any atom is -0.376 e. The summed E-state index contributed by atoms with van der Waals surface area (Å²) in [5.74, 6) is -0.758. The normalized spacial score (nSPS) is 19.3. The Morgan fingerprint density at radius 2 is 1.90 bits per heavy atom. The van der Waals surface area contributed by atoms with E-state index in [0.717, 1.165) is 18.4 Å². The van der Waals surface area contributed by atoms with Crippen molar-refractivity contribution in [3.8, 4) is 0 Å². The van der Waals surface area contributed by atoms with Gasteiger partial charge in [0.2, 0.25) is 0 Å². The molecule has 0 bridgehead atoms. The summed E-state index contributed by atoms with van der Waals surface area (Å²) in [5.41, 5.74) is 2.16. The molecular formula is C23H24N2O4. The summed E-state index contributed by atoms with van der Waals surface area (Å²) in [5, 5.41) is 2.92. The van der Waals surface area contributed by atoms with Crippen LogP contribution in [0, 0.1) is 0 Å². The monoisotopic (exact) mass is 392 g/mol. The first-order valence-electron chi connectivity index (χ1n) is 9.99. The van der Waals surface area contributed by atoms with Crippen LogP contribution in [0.15, 0.2) is 48.5 Å². The molecule has 6 nitrogen and oxygen atoms in total. The molecule has 1 N–H and O–H groups in total. The number of amides is 3. The van der Waals surface area contributed by atoms with Gasteiger partial charge in [0.15, 0.2) is 0 Å². The minimum atomic E-state index is -0.354. The molecule has 150 valence electrons. The molecular weight excluding hydrogens is 368 g/mol. The average molecular weight is 392 g/mol. The molecule has 2 aromatic rings. The second-order valence-electron chi connectivity index (χ2n) is 7.64. The molecule has 2 aliphatic rings. The largest absolute Gasteiger partial charge is 0.376 e. The number of nitrogens with one attached hydrogen (secondary N) is 1. The van der Waals surface area contributed by atoms with Crippen molar-refractivity contribution in [2.45, 2.75) is 31.8 Å². The highest BCUT2D eigenvalue weighted by atomic mass is 16.5. The summed E-state index contributed by atoms with van der Waals surface area (Å²) in [6.45, 7) is 3.46. The third-order valence-electron chi connectivity index (χ3n) is 5.58. The number of fused-ring (bicyclic) bond motifs is 1. The summed E-state index contributed by atoms with van der Waals surface area (Å²) < 4.78 is 5.55. The highest BCUT2D eigenvalue weighted by molar-refractivity contribution is 6.22. The van der Waals surface area contributed by atoms with Gasteiger partial charge in [-0.05, 0) is 42.5 Å². The van der Waals surface area contributed by atoms with Gasteiger partial charge in [-0.2, -0.15) is 0 Å². The number of hydrogen-bond acceptors (Lipinski definition) is 4. The van der Waals surface area contributed by atoms with E-state index in [9.17, 15) is 14.4 Å². The van der Waals surface area contributed by atoms with Crippen molar-refractivity contribution in [3.63, 3.8) is 0 Å². The Balaban J connectivity index is 1.43. The van der Waals surface area contributed by atoms with Crippen LogP contribution >= 0.6 is 0 Å². The van der Waals surface area contributed by atoms with Crippen LogP contribution in [0.25, 0.3) is 0 Å². The van der Waals surface area contributed by atoms with Crippen LogP contribution in [0.4, 0.5) is 0 Å². The number of nitrogens with zero attached hydrogens (tertiary/aromatic N) is 1. The highest BCUT2D eigenvalue weighted by Crippen LogP contribution is 2.26. The van der Waals surface area contributed by atoms with Gasteiger partial charge in [0.1, 0.15) is 0 Å². The van der Waals surface area contributed by atoms with Gasteiger partial charge in [-0.1, -0.05) is 37.3 Å². The smallest absolute Gasteiger partial charge is 0.261 e. The summed E-state index contributed by atoms with van der Waals surface area (Å²) in [6.07, 6.45) is 1.69. The summed E-state index contributed by atoms with van der Waals surface area (Å²) in [7, 11) is 0. The van der Waals surface area contributed by atoms with Crippen molar-refractivity contribution in [1.82, 2.24) is 10.2 Å². The standard InChI is InChI=1S/C23H24N2O4/c1-15(16-6-3-2-4-7-16)13-24-21(26)17-9-10-19-20(12-17)23(28)25(22(19)27)14-18-8-5-11-29-18/h2-4,6-7,9-10,12,15,18H,5,8,11,13-14H2,1H3,(H,24,26). The lowest BCUT2D eigenvalue weighted by Crippen LogP contribution is -2.36. The predicted octanol–water partition coefficient (Wildman–Crippen LogP) is 3.00. The Kier molecular flexibility index (Phi) is 5.45. The van der Waals surface area contributed by atoms with Crippen molar-refractivity contribution in [2.75, 3.05) is 19.7 Å². The number of rotatable bonds is 6. The number of hydrogen-bond donors (Lipinski definition) is 1. The van der Waals surface area contributed by atoms with Crippen LogP contribution in [0.3, 0.4) is 0 Å². The Morgan fingerprint density at radius 1 is 1.14 bits per heavy atom. The van der Waals surface area contributed by atoms with Crippen molar-refractivity contribution >= 4 is 17.7 Å². The lowest BCUT2D eigenvalue weighted by Gasteiger charge is -2.17. The third-order valence-corrected chi connectivity index (χ3v) is 5.58. The maximum atomic E-state index is 12.7. The maximum Gasteiger partial charge on any atom is 0.261 e. The first-order valence-corrected chi connectivity index (χ1v) is 9.99. The molecule has 3 amide bonds. The van der Waals surface area contributed by atoms with E-state index in [1.165, 1.54) is 11.0 Å². The summed E-state index contributed by atoms with van der Waals surface area (Å²) in [4.78, 5) is 39.2. The minimum absolute atomic E-state index is 0.0977. The number of carbonyl (C=O) groups is 3. The van der Waals surface area contributed by atoms with Crippen LogP contribution in [0.2, 0.25) is 0 Å². The zero-order valence-corrected chi connectivity index (χ0v) is 16.4. The second kappa shape index (κ2) is 8.17. The number of carbonyl (C=O) groups excluding carboxylic acids is 3. The van der Waals surface area contributed by atoms with Crippen LogP contribution < -0.4 is 5.32 Å². The quantitative estimate of drug-likeness (QED) is 0.767. The fourth-order valence-corrected chi connectivity index (χ4v) is 3.84. The van der Waals surface area contributed by atoms with E-state index in [2.05, 4.69) is 5.32 Å². The van der Waals surface area contributed by atoms with Crippen LogP contribution in [-0.2, 0) is 4.74 Å². The molecule has 2 aromatic carbocycles. The van der Waals surface area contributed by atoms with Crippen LogP contribution in [-0.4, -0.2) is 48.4 Å². The van der Waals surface area contributed by atoms with E-state index in [0.29, 0.717) is 24.3 Å². The fraction of sp³-hybridized carbons (Fsp3) is 0.348. The van der Waals surface area contributed by atoms with E-state index in [1.807, 2.05) is 37.3 Å². The van der Waals surface area contributed by atoms with Gasteiger partial charge in [0.25, 0.3) is 17.7 Å². The van der Waals surface area contributed by atoms with E-state index in [1.54, 1.807) is 12.1 Å². The number of ether oxygens (including phenoxy) is 1. The Hall–Kier alpha value is -2.99. The lowest BCUT2D eigenvalue weighted by atomic mass is 10.0. The fourth-order valence-electron chi connectivity index (χ4n) is 3.84. The summed E-state index contributed by atoms with van der Waals surface area (Å²) >= 11 is 0. The first kappa shape index (κ1) is 19.3. The van der Waals surface area contributed by atoms with Gasteiger partial charge in [-0.3, -0.25) is 19.3 Å². The van der Waals surface area contributed by atoms with E-state index < -0.39 is 0 Å². The van der Waals surface area contributed by atoms with E-state index >= 15 is 0 Å². The number of imide groups is 1. The molecule has 1 fully saturated rings. The van der Waals surface area contributed by atoms with Crippen molar-refractivity contribution in [2.24, 2.45) is 0 Å². The Morgan fingerprint density at radius 3 is 2.62 bits per heavy atom. The number of benzene rings is 2. The van der Waals surface area contributed by atoms with Gasteiger partial charge < -0.3 is 10.1 Å². The van der Waals surface area contributed by atoms with Crippen LogP contribution in [0.1, 0.15) is 62.3 Å². The lowest BCUT2D eigenvalue weighted by molar-refractivity contribution is 0.0475. The molecule has 29 heavy (non-hydrogen) atoms. The van der Waals surface area contributed by atoms with Gasteiger partial charge in [0, 0.05) is 18.7 Å². The van der Waals surface area contributed by atoms with Crippen molar-refractivity contribution in [1.29, 1.82) is 0 Å². The Labute approximate surface area is 169 Å². The van der Waals surface area contributed by atoms with Crippen molar-refractivity contribution in [3.05, 3.63) is 70.8 Å². The average Bonchev–Trinajstić information content (AvgIpc) is 3.35. The molecule has 0 spiro atoms. The molecule has 2 atom stereocenters. The molecule has 1 saturated heterocycles. The van der Waals surface area contributed by atoms with Gasteiger partial charge in [0.05, 0.1) is 23.8 Å². The van der Waals surface area contributed by atoms with Crippen molar-refractivity contribution < 1.29 is 19.1 Å². The highest BCUT2D eigenvalue weighted by Gasteiger charge is 2.37. The zero-order valence-electron chi connectivity index (χ0n) is 16.4. The molecule has 0 radical (unpaired) electrons. The van der Waals surface area contributed by atoms with Crippen LogP contribution in [0.5, 0.6) is 0 Å². The Bertz CT molecular complexity index is 935. The predicted molar refractivity (Wildman–Crippen MR) is 108 cm³/mol. The van der Waals surface area contributed by atoms with E-state index in [4.69, 9.17) is 4.74 Å². The summed E-state index contributed by atoms with van der Waals surface area (Å²) in [6, 6.07) is 14.6. The third kappa shape index (κ3) is 3.93. The maximum absolute atomic E-state index is 12.7. The molecule has 4 rings (SSSR count). The topological polar surface area (TPSA) is 75.7 Å². The molecule has 2 unspecified atom stereocenters. The van der Waals surface area contributed by atoms with Gasteiger partial charge >= 0.3 is 0 Å². The van der Waals surface area contributed by atoms with Gasteiger partial charge in [-0.15, -0.1) is 0 Å². The molecule has 2 heterocycles. The van der Waals surface area contributed by atoms with E-state index in [-0.39, 0.29) is 41.9 Å². The molecule has 0 aliphatic carbocycles. The first-order chi connectivity index (χ1) is 14.0. The second-order valence-corrected chi connectivity index (χ2v) is 7.64. The molecule has 0 saturated carbocycles. The molecule has 6 heteroatoms. The molecule has 0 aromatic heterocycles. The molecule has 2 aliphatic heterocycles. The zero-order chi connectivity index (χ0) is 20.4. The van der Waals surface area contributed by atoms with Gasteiger partial charge in [-0.25, -0.2) is 0 Å². The SMILES string of the molecule is CC(CNC(=O)c1ccc2c(c1)C(=O)N(CC1CCCO1)C2=O)c1ccccc1.